The number of rotatable bonds is 8. The fourth-order valence-electron chi connectivity index (χ4n) is 2.42. The van der Waals surface area contributed by atoms with Crippen molar-refractivity contribution in [1.82, 2.24) is 15.1 Å². The third kappa shape index (κ3) is 4.77. The Morgan fingerprint density at radius 2 is 2.10 bits per heavy atom. The highest BCUT2D eigenvalue weighted by atomic mass is 16.5. The van der Waals surface area contributed by atoms with E-state index in [1.54, 1.807) is 7.11 Å². The molecule has 6 heteroatoms. The Hall–Kier alpha value is -1.11. The van der Waals surface area contributed by atoms with Gasteiger partial charge < -0.3 is 20.1 Å². The molecule has 0 bridgehead atoms. The van der Waals surface area contributed by atoms with Crippen LogP contribution in [0.1, 0.15) is 25.1 Å². The quantitative estimate of drug-likeness (QED) is 0.687. The van der Waals surface area contributed by atoms with Crippen molar-refractivity contribution in [3.63, 3.8) is 0 Å². The molecule has 0 unspecified atom stereocenters. The standard InChI is InChI=1S/C14H28N4O2/c1-11-12(9-15-7-8-20-6)13(18(5)16-11)17(4)10-14(2,3)19/h15,19H,7-10H2,1-6H3. The Morgan fingerprint density at radius 1 is 1.45 bits per heavy atom. The molecule has 0 aromatic carbocycles. The average molecular weight is 284 g/mol. The van der Waals surface area contributed by atoms with Crippen molar-refractivity contribution in [2.24, 2.45) is 7.05 Å². The van der Waals surface area contributed by atoms with E-state index in [1.165, 1.54) is 0 Å². The van der Waals surface area contributed by atoms with Gasteiger partial charge in [-0.1, -0.05) is 0 Å². The Bertz CT molecular complexity index is 424. The van der Waals surface area contributed by atoms with Crippen LogP contribution in [-0.2, 0) is 18.3 Å². The molecule has 116 valence electrons. The van der Waals surface area contributed by atoms with Gasteiger partial charge in [0.2, 0.25) is 0 Å². The van der Waals surface area contributed by atoms with Crippen molar-refractivity contribution < 1.29 is 9.84 Å². The second kappa shape index (κ2) is 7.06. The molecule has 0 fully saturated rings. The number of aryl methyl sites for hydroxylation is 2. The number of anilines is 1. The van der Waals surface area contributed by atoms with E-state index in [1.807, 2.05) is 44.4 Å². The molecule has 6 nitrogen and oxygen atoms in total. The van der Waals surface area contributed by atoms with E-state index in [2.05, 4.69) is 10.4 Å². The van der Waals surface area contributed by atoms with Crippen molar-refractivity contribution in [2.75, 3.05) is 38.8 Å². The molecule has 20 heavy (non-hydrogen) atoms. The van der Waals surface area contributed by atoms with Crippen LogP contribution < -0.4 is 10.2 Å². The highest BCUT2D eigenvalue weighted by Gasteiger charge is 2.21. The van der Waals surface area contributed by atoms with Gasteiger partial charge in [-0.05, 0) is 20.8 Å². The zero-order valence-electron chi connectivity index (χ0n) is 13.5. The van der Waals surface area contributed by atoms with Gasteiger partial charge in [0.1, 0.15) is 5.82 Å². The van der Waals surface area contributed by atoms with Crippen molar-refractivity contribution in [3.8, 4) is 0 Å². The van der Waals surface area contributed by atoms with Gasteiger partial charge in [0, 0.05) is 46.4 Å². The van der Waals surface area contributed by atoms with Gasteiger partial charge in [-0.2, -0.15) is 5.10 Å². The summed E-state index contributed by atoms with van der Waals surface area (Å²) in [6.45, 7) is 8.42. The molecule has 0 aliphatic heterocycles. The van der Waals surface area contributed by atoms with Crippen molar-refractivity contribution >= 4 is 5.82 Å². The average Bonchev–Trinajstić information content (AvgIpc) is 2.57. The Kier molecular flexibility index (Phi) is 5.98. The minimum absolute atomic E-state index is 0.553. The summed E-state index contributed by atoms with van der Waals surface area (Å²) in [6, 6.07) is 0. The number of hydrogen-bond acceptors (Lipinski definition) is 5. The summed E-state index contributed by atoms with van der Waals surface area (Å²) in [5, 5.41) is 17.8. The number of nitrogens with one attached hydrogen (secondary N) is 1. The molecule has 0 aliphatic rings. The molecule has 0 aliphatic carbocycles. The lowest BCUT2D eigenvalue weighted by molar-refractivity contribution is 0.0883. The molecule has 0 saturated heterocycles. The highest BCUT2D eigenvalue weighted by Crippen LogP contribution is 2.23. The molecule has 1 aromatic rings. The summed E-state index contributed by atoms with van der Waals surface area (Å²) >= 11 is 0. The third-order valence-corrected chi connectivity index (χ3v) is 3.08. The lowest BCUT2D eigenvalue weighted by Gasteiger charge is -2.28. The lowest BCUT2D eigenvalue weighted by Crippen LogP contribution is -2.37. The zero-order chi connectivity index (χ0) is 15.3. The summed E-state index contributed by atoms with van der Waals surface area (Å²) < 4.78 is 6.90. The van der Waals surface area contributed by atoms with Gasteiger partial charge in [-0.3, -0.25) is 4.68 Å². The second-order valence-corrected chi connectivity index (χ2v) is 5.85. The topological polar surface area (TPSA) is 62.5 Å². The van der Waals surface area contributed by atoms with Gasteiger partial charge in [-0.15, -0.1) is 0 Å². The monoisotopic (exact) mass is 284 g/mol. The Labute approximate surface area is 121 Å². The van der Waals surface area contributed by atoms with Crippen LogP contribution in [0.3, 0.4) is 0 Å². The van der Waals surface area contributed by atoms with Crippen LogP contribution in [0.5, 0.6) is 0 Å². The molecule has 1 aromatic heterocycles. The van der Waals surface area contributed by atoms with E-state index in [0.717, 1.165) is 30.2 Å². The first kappa shape index (κ1) is 16.9. The minimum Gasteiger partial charge on any atom is -0.389 e. The van der Waals surface area contributed by atoms with Crippen LogP contribution >= 0.6 is 0 Å². The molecule has 0 radical (unpaired) electrons. The number of methoxy groups -OCH3 is 1. The predicted molar refractivity (Wildman–Crippen MR) is 81.1 cm³/mol. The largest absolute Gasteiger partial charge is 0.389 e. The van der Waals surface area contributed by atoms with Crippen molar-refractivity contribution in [2.45, 2.75) is 32.9 Å². The number of likely N-dealkylation sites (N-methyl/N-ethyl adjacent to an activating group) is 1. The normalized spacial score (nSPS) is 11.9. The minimum atomic E-state index is -0.742. The molecular weight excluding hydrogens is 256 g/mol. The van der Waals surface area contributed by atoms with E-state index in [0.29, 0.717) is 13.2 Å². The summed E-state index contributed by atoms with van der Waals surface area (Å²) in [5.74, 6) is 1.04. The highest BCUT2D eigenvalue weighted by molar-refractivity contribution is 5.49. The maximum absolute atomic E-state index is 9.98. The SMILES string of the molecule is COCCNCc1c(C)nn(C)c1N(C)CC(C)(C)O. The molecular formula is C14H28N4O2. The van der Waals surface area contributed by atoms with Gasteiger partial charge in [-0.25, -0.2) is 0 Å². The van der Waals surface area contributed by atoms with Gasteiger partial charge >= 0.3 is 0 Å². The van der Waals surface area contributed by atoms with E-state index in [4.69, 9.17) is 4.74 Å². The van der Waals surface area contributed by atoms with Gasteiger partial charge in [0.15, 0.2) is 0 Å². The Balaban J connectivity index is 2.83. The van der Waals surface area contributed by atoms with E-state index in [9.17, 15) is 5.11 Å². The van der Waals surface area contributed by atoms with Gasteiger partial charge in [0.05, 0.1) is 17.9 Å². The number of aliphatic hydroxyl groups is 1. The first-order valence-corrected chi connectivity index (χ1v) is 6.92. The summed E-state index contributed by atoms with van der Waals surface area (Å²) in [5.41, 5.74) is 1.43. The van der Waals surface area contributed by atoms with Crippen LogP contribution in [-0.4, -0.2) is 54.3 Å². The summed E-state index contributed by atoms with van der Waals surface area (Å²) in [4.78, 5) is 2.05. The number of aromatic nitrogens is 2. The fourth-order valence-corrected chi connectivity index (χ4v) is 2.42. The first-order valence-electron chi connectivity index (χ1n) is 6.92. The number of ether oxygens (including phenoxy) is 1. The van der Waals surface area contributed by atoms with E-state index in [-0.39, 0.29) is 0 Å². The smallest absolute Gasteiger partial charge is 0.131 e. The molecule has 0 atom stereocenters. The molecule has 1 heterocycles. The number of nitrogens with zero attached hydrogens (tertiary/aromatic N) is 3. The molecule has 1 rings (SSSR count). The second-order valence-electron chi connectivity index (χ2n) is 5.85. The molecule has 0 saturated carbocycles. The van der Waals surface area contributed by atoms with Crippen LogP contribution in [0.2, 0.25) is 0 Å². The predicted octanol–water partition coefficient (Wildman–Crippen LogP) is 0.672. The van der Waals surface area contributed by atoms with Crippen LogP contribution in [0, 0.1) is 6.92 Å². The van der Waals surface area contributed by atoms with Crippen LogP contribution in [0.25, 0.3) is 0 Å². The van der Waals surface area contributed by atoms with Crippen LogP contribution in [0.4, 0.5) is 5.82 Å². The molecule has 2 N–H and O–H groups in total. The third-order valence-electron chi connectivity index (χ3n) is 3.08. The molecule has 0 spiro atoms. The first-order chi connectivity index (χ1) is 9.26. The van der Waals surface area contributed by atoms with Gasteiger partial charge in [0.25, 0.3) is 0 Å². The number of hydrogen-bond donors (Lipinski definition) is 2. The summed E-state index contributed by atoms with van der Waals surface area (Å²) in [6.07, 6.45) is 0. The molecule has 0 amide bonds. The van der Waals surface area contributed by atoms with E-state index >= 15 is 0 Å². The summed E-state index contributed by atoms with van der Waals surface area (Å²) in [7, 11) is 5.61. The van der Waals surface area contributed by atoms with E-state index < -0.39 is 5.60 Å². The van der Waals surface area contributed by atoms with Crippen molar-refractivity contribution in [3.05, 3.63) is 11.3 Å². The maximum atomic E-state index is 9.98. The zero-order valence-corrected chi connectivity index (χ0v) is 13.5. The lowest BCUT2D eigenvalue weighted by atomic mass is 10.1. The maximum Gasteiger partial charge on any atom is 0.131 e. The Morgan fingerprint density at radius 3 is 2.65 bits per heavy atom. The fraction of sp³-hybridized carbons (Fsp3) is 0.786. The van der Waals surface area contributed by atoms with Crippen LogP contribution in [0.15, 0.2) is 0 Å². The van der Waals surface area contributed by atoms with Crippen molar-refractivity contribution in [1.29, 1.82) is 0 Å².